The van der Waals surface area contributed by atoms with Gasteiger partial charge in [0.15, 0.2) is 9.84 Å². The van der Waals surface area contributed by atoms with Crippen molar-refractivity contribution in [1.29, 1.82) is 5.26 Å². The first-order chi connectivity index (χ1) is 15.8. The molecule has 4 rings (SSSR count). The monoisotopic (exact) mass is 473 g/mol. The Morgan fingerprint density at radius 3 is 2.91 bits per heavy atom. The predicted octanol–water partition coefficient (Wildman–Crippen LogP) is 1.72. The molecule has 0 aliphatic carbocycles. The zero-order valence-corrected chi connectivity index (χ0v) is 18.9. The van der Waals surface area contributed by atoms with Crippen LogP contribution in [0.4, 0.5) is 4.39 Å². The number of ether oxygens (including phenoxy) is 2. The third kappa shape index (κ3) is 5.16. The summed E-state index contributed by atoms with van der Waals surface area (Å²) in [5, 5.41) is 15.2. The van der Waals surface area contributed by atoms with Crippen LogP contribution < -0.4 is 15.4 Å². The highest BCUT2D eigenvalue weighted by atomic mass is 32.2. The van der Waals surface area contributed by atoms with Gasteiger partial charge in [0.05, 0.1) is 11.0 Å². The van der Waals surface area contributed by atoms with E-state index < -0.39 is 33.7 Å². The van der Waals surface area contributed by atoms with Crippen LogP contribution in [0.15, 0.2) is 35.2 Å². The molecule has 2 aliphatic rings. The number of hydrogen-bond donors (Lipinski definition) is 2. The number of carbonyl (C=O) groups excluding carboxylic acids is 1. The maximum absolute atomic E-state index is 15.0. The second-order valence-corrected chi connectivity index (χ2v) is 10.1. The molecule has 1 amide bonds. The average Bonchev–Trinajstić information content (AvgIpc) is 3.08. The minimum atomic E-state index is -3.37. The molecule has 2 aromatic rings. The van der Waals surface area contributed by atoms with Crippen molar-refractivity contribution >= 4 is 15.7 Å². The van der Waals surface area contributed by atoms with Crippen molar-refractivity contribution in [3.05, 3.63) is 47.3 Å². The first kappa shape index (κ1) is 23.2. The van der Waals surface area contributed by atoms with Gasteiger partial charge >= 0.3 is 0 Å². The quantitative estimate of drug-likeness (QED) is 0.679. The zero-order valence-electron chi connectivity index (χ0n) is 18.1. The molecule has 0 radical (unpaired) electrons. The number of nitrogens with one attached hydrogen (secondary N) is 2. The van der Waals surface area contributed by atoms with Crippen molar-refractivity contribution in [3.63, 3.8) is 0 Å². The summed E-state index contributed by atoms with van der Waals surface area (Å²) >= 11 is 0. The van der Waals surface area contributed by atoms with Gasteiger partial charge in [-0.3, -0.25) is 4.79 Å². The van der Waals surface area contributed by atoms with Crippen molar-refractivity contribution < 1.29 is 27.1 Å². The second-order valence-electron chi connectivity index (χ2n) is 8.13. The molecule has 174 valence electrons. The van der Waals surface area contributed by atoms with E-state index in [1.807, 2.05) is 6.07 Å². The normalized spacial score (nSPS) is 18.6. The summed E-state index contributed by atoms with van der Waals surface area (Å²) in [5.41, 5.74) is 2.08. The van der Waals surface area contributed by atoms with Gasteiger partial charge in [-0.05, 0) is 53.9 Å². The number of carbonyl (C=O) groups is 1. The molecule has 1 fully saturated rings. The Morgan fingerprint density at radius 1 is 1.33 bits per heavy atom. The maximum Gasteiger partial charge on any atom is 0.251 e. The average molecular weight is 474 g/mol. The molecule has 33 heavy (non-hydrogen) atoms. The summed E-state index contributed by atoms with van der Waals surface area (Å²) < 4.78 is 49.9. The van der Waals surface area contributed by atoms with Crippen LogP contribution in [0.25, 0.3) is 11.1 Å². The number of rotatable bonds is 5. The predicted molar refractivity (Wildman–Crippen MR) is 118 cm³/mol. The van der Waals surface area contributed by atoms with Crippen LogP contribution in [0.2, 0.25) is 0 Å². The van der Waals surface area contributed by atoms with Crippen LogP contribution in [-0.4, -0.2) is 52.4 Å². The van der Waals surface area contributed by atoms with E-state index in [4.69, 9.17) is 9.47 Å². The van der Waals surface area contributed by atoms with Gasteiger partial charge in [-0.15, -0.1) is 0 Å². The minimum Gasteiger partial charge on any atom is -0.488 e. The number of nitriles is 1. The molecule has 10 heteroatoms. The molecule has 2 aliphatic heterocycles. The second kappa shape index (κ2) is 9.47. The van der Waals surface area contributed by atoms with Crippen molar-refractivity contribution in [3.8, 4) is 22.9 Å². The van der Waals surface area contributed by atoms with E-state index in [-0.39, 0.29) is 23.5 Å². The summed E-state index contributed by atoms with van der Waals surface area (Å²) in [7, 11) is -3.37. The summed E-state index contributed by atoms with van der Waals surface area (Å²) in [6, 6.07) is 8.57. The Morgan fingerprint density at radius 2 is 2.15 bits per heavy atom. The van der Waals surface area contributed by atoms with Gasteiger partial charge in [0.2, 0.25) is 0 Å². The fourth-order valence-corrected chi connectivity index (χ4v) is 4.59. The Bertz CT molecular complexity index is 1220. The van der Waals surface area contributed by atoms with Crippen LogP contribution in [-0.2, 0) is 32.4 Å². The molecule has 2 N–H and O–H groups in total. The number of benzene rings is 2. The van der Waals surface area contributed by atoms with Gasteiger partial charge in [0, 0.05) is 31.4 Å². The molecule has 2 unspecified atom stereocenters. The van der Waals surface area contributed by atoms with Gasteiger partial charge < -0.3 is 20.1 Å². The highest BCUT2D eigenvalue weighted by molar-refractivity contribution is 7.90. The number of sulfone groups is 1. The zero-order chi connectivity index (χ0) is 23.6. The lowest BCUT2D eigenvalue weighted by Crippen LogP contribution is -2.46. The third-order valence-corrected chi connectivity index (χ3v) is 6.77. The van der Waals surface area contributed by atoms with Crippen molar-refractivity contribution in [2.45, 2.75) is 36.5 Å². The summed E-state index contributed by atoms with van der Waals surface area (Å²) in [6.45, 7) is 1.70. The van der Waals surface area contributed by atoms with E-state index in [1.54, 1.807) is 6.07 Å². The van der Waals surface area contributed by atoms with Crippen LogP contribution in [0.1, 0.15) is 17.5 Å². The first-order valence-electron chi connectivity index (χ1n) is 10.6. The highest BCUT2D eigenvalue weighted by Gasteiger charge is 2.26. The summed E-state index contributed by atoms with van der Waals surface area (Å²) in [6.07, 6.45) is 1.18. The molecule has 0 saturated carbocycles. The van der Waals surface area contributed by atoms with Crippen LogP contribution in [0.5, 0.6) is 5.75 Å². The SMILES string of the molecule is CS(=O)(=O)c1ccc2c(c1)COc1cc(CC(C#N)NC(=O)C3CNCCCO3)c(F)cc1-2. The molecule has 2 heterocycles. The third-order valence-electron chi connectivity index (χ3n) is 5.66. The van der Waals surface area contributed by atoms with E-state index in [1.165, 1.54) is 24.3 Å². The van der Waals surface area contributed by atoms with Gasteiger partial charge in [-0.2, -0.15) is 5.26 Å². The maximum atomic E-state index is 15.0. The molecule has 0 spiro atoms. The van der Waals surface area contributed by atoms with Crippen molar-refractivity contribution in [1.82, 2.24) is 10.6 Å². The lowest BCUT2D eigenvalue weighted by atomic mass is 9.94. The Labute approximate surface area is 191 Å². The molecule has 2 atom stereocenters. The van der Waals surface area contributed by atoms with Crippen LogP contribution in [0.3, 0.4) is 0 Å². The largest absolute Gasteiger partial charge is 0.488 e. The summed E-state index contributed by atoms with van der Waals surface area (Å²) in [4.78, 5) is 12.6. The highest BCUT2D eigenvalue weighted by Crippen LogP contribution is 2.40. The smallest absolute Gasteiger partial charge is 0.251 e. The fraction of sp³-hybridized carbons (Fsp3) is 0.391. The lowest BCUT2D eigenvalue weighted by molar-refractivity contribution is -0.132. The van der Waals surface area contributed by atoms with E-state index in [0.29, 0.717) is 35.6 Å². The van der Waals surface area contributed by atoms with E-state index in [2.05, 4.69) is 10.6 Å². The number of fused-ring (bicyclic) bond motifs is 3. The number of hydrogen-bond acceptors (Lipinski definition) is 7. The Balaban J connectivity index is 1.53. The lowest BCUT2D eigenvalue weighted by Gasteiger charge is -2.23. The van der Waals surface area contributed by atoms with E-state index in [9.17, 15) is 22.9 Å². The van der Waals surface area contributed by atoms with E-state index in [0.717, 1.165) is 19.2 Å². The van der Waals surface area contributed by atoms with Gasteiger partial charge in [0.25, 0.3) is 5.91 Å². The fourth-order valence-electron chi connectivity index (χ4n) is 3.92. The minimum absolute atomic E-state index is 0.0370. The van der Waals surface area contributed by atoms with Gasteiger partial charge in [-0.25, -0.2) is 12.8 Å². The topological polar surface area (TPSA) is 118 Å². The van der Waals surface area contributed by atoms with Crippen molar-refractivity contribution in [2.24, 2.45) is 0 Å². The summed E-state index contributed by atoms with van der Waals surface area (Å²) in [5.74, 6) is -0.522. The van der Waals surface area contributed by atoms with Crippen LogP contribution >= 0.6 is 0 Å². The molecule has 2 aromatic carbocycles. The Hall–Kier alpha value is -3.00. The molecule has 8 nitrogen and oxygen atoms in total. The molecular weight excluding hydrogens is 449 g/mol. The van der Waals surface area contributed by atoms with Gasteiger partial charge in [-0.1, -0.05) is 6.07 Å². The molecular formula is C23H24FN3O5S. The van der Waals surface area contributed by atoms with E-state index >= 15 is 0 Å². The van der Waals surface area contributed by atoms with Crippen molar-refractivity contribution in [2.75, 3.05) is 26.0 Å². The first-order valence-corrected chi connectivity index (χ1v) is 12.5. The number of amides is 1. The number of nitrogens with zero attached hydrogens (tertiary/aromatic N) is 1. The molecule has 1 saturated heterocycles. The molecule has 0 aromatic heterocycles. The van der Waals surface area contributed by atoms with Gasteiger partial charge in [0.1, 0.15) is 30.3 Å². The number of halogens is 1. The standard InChI is InChI=1S/C23H24FN3O5S/c1-33(29,30)17-3-4-18-15(8-17)13-32-21-9-14(20(24)10-19(18)21)7-16(11-25)27-23(28)22-12-26-5-2-6-31-22/h3-4,8-10,16,22,26H,2,5-7,12-13H2,1H3,(H,27,28). The Kier molecular flexibility index (Phi) is 6.65. The molecule has 0 bridgehead atoms. The van der Waals surface area contributed by atoms with Crippen LogP contribution in [0, 0.1) is 17.1 Å².